The second-order valence-corrected chi connectivity index (χ2v) is 5.28. The molecule has 1 amide bonds. The Morgan fingerprint density at radius 2 is 1.95 bits per heavy atom. The fourth-order valence-electron chi connectivity index (χ4n) is 2.10. The van der Waals surface area contributed by atoms with E-state index in [1.165, 1.54) is 5.56 Å². The van der Waals surface area contributed by atoms with Crippen molar-refractivity contribution in [3.63, 3.8) is 0 Å². The molecule has 4 nitrogen and oxygen atoms in total. The highest BCUT2D eigenvalue weighted by atomic mass is 32.1. The zero-order chi connectivity index (χ0) is 14.0. The van der Waals surface area contributed by atoms with Gasteiger partial charge in [0.15, 0.2) is 5.11 Å². The lowest BCUT2D eigenvalue weighted by molar-refractivity contribution is -0.123. The Balaban J connectivity index is 2.30. The monoisotopic (exact) mass is 273 g/mol. The highest BCUT2D eigenvalue weighted by molar-refractivity contribution is 7.80. The first-order valence-electron chi connectivity index (χ1n) is 6.13. The predicted octanol–water partition coefficient (Wildman–Crippen LogP) is 2.00. The van der Waals surface area contributed by atoms with Crippen LogP contribution in [0.25, 0.3) is 0 Å². The van der Waals surface area contributed by atoms with E-state index in [4.69, 9.17) is 17.5 Å². The van der Waals surface area contributed by atoms with Crippen molar-refractivity contribution in [2.45, 2.75) is 25.8 Å². The molecule has 1 saturated heterocycles. The number of nitriles is 1. The minimum Gasteiger partial charge on any atom is -0.354 e. The van der Waals surface area contributed by atoms with Crippen molar-refractivity contribution >= 4 is 23.2 Å². The van der Waals surface area contributed by atoms with Gasteiger partial charge in [-0.3, -0.25) is 4.79 Å². The average Bonchev–Trinajstić information content (AvgIpc) is 2.38. The molecule has 1 aliphatic rings. The van der Waals surface area contributed by atoms with Gasteiger partial charge in [0.25, 0.3) is 0 Å². The average molecular weight is 273 g/mol. The van der Waals surface area contributed by atoms with Crippen LogP contribution in [-0.2, 0) is 4.79 Å². The Labute approximate surface area is 117 Å². The van der Waals surface area contributed by atoms with Crippen molar-refractivity contribution < 1.29 is 4.79 Å². The largest absolute Gasteiger partial charge is 0.354 e. The van der Waals surface area contributed by atoms with E-state index in [0.717, 1.165) is 5.56 Å². The van der Waals surface area contributed by atoms with Gasteiger partial charge >= 0.3 is 0 Å². The Morgan fingerprint density at radius 3 is 2.47 bits per heavy atom. The molecule has 0 spiro atoms. The van der Waals surface area contributed by atoms with Gasteiger partial charge in [0.2, 0.25) is 5.91 Å². The molecule has 0 aliphatic carbocycles. The minimum atomic E-state index is -0.767. The van der Waals surface area contributed by atoms with Crippen LogP contribution in [0.2, 0.25) is 0 Å². The molecule has 1 fully saturated rings. The summed E-state index contributed by atoms with van der Waals surface area (Å²) >= 11 is 4.98. The van der Waals surface area contributed by atoms with E-state index < -0.39 is 5.92 Å². The van der Waals surface area contributed by atoms with Crippen LogP contribution < -0.4 is 10.6 Å². The van der Waals surface area contributed by atoms with Crippen molar-refractivity contribution in [3.05, 3.63) is 35.4 Å². The summed E-state index contributed by atoms with van der Waals surface area (Å²) in [5, 5.41) is 14.9. The molecular weight excluding hydrogens is 258 g/mol. The molecule has 0 radical (unpaired) electrons. The lowest BCUT2D eigenvalue weighted by atomic mass is 9.90. The first kappa shape index (κ1) is 13.5. The summed E-state index contributed by atoms with van der Waals surface area (Å²) < 4.78 is 0. The van der Waals surface area contributed by atoms with Gasteiger partial charge in [-0.05, 0) is 29.3 Å². The van der Waals surface area contributed by atoms with Gasteiger partial charge in [0.05, 0.1) is 12.1 Å². The third kappa shape index (κ3) is 2.74. The SMILES string of the molecule is CC(C)c1ccc(C2NC(=S)NC(=O)C2C#N)cc1. The number of nitrogens with one attached hydrogen (secondary N) is 2. The smallest absolute Gasteiger partial charge is 0.245 e. The molecular formula is C14H15N3OS. The highest BCUT2D eigenvalue weighted by Crippen LogP contribution is 2.26. The zero-order valence-electron chi connectivity index (χ0n) is 10.8. The van der Waals surface area contributed by atoms with E-state index in [1.54, 1.807) is 0 Å². The van der Waals surface area contributed by atoms with Crippen molar-refractivity contribution in [2.24, 2.45) is 5.92 Å². The van der Waals surface area contributed by atoms with E-state index >= 15 is 0 Å². The molecule has 0 aromatic heterocycles. The van der Waals surface area contributed by atoms with Crippen LogP contribution in [-0.4, -0.2) is 11.0 Å². The molecule has 98 valence electrons. The summed E-state index contributed by atoms with van der Waals surface area (Å²) in [7, 11) is 0. The van der Waals surface area contributed by atoms with Gasteiger partial charge in [0, 0.05) is 0 Å². The number of hydrogen-bond donors (Lipinski definition) is 2. The van der Waals surface area contributed by atoms with Crippen LogP contribution in [0.15, 0.2) is 24.3 Å². The van der Waals surface area contributed by atoms with Crippen molar-refractivity contribution in [1.82, 2.24) is 10.6 Å². The van der Waals surface area contributed by atoms with Gasteiger partial charge in [-0.1, -0.05) is 38.1 Å². The molecule has 5 heteroatoms. The molecule has 0 saturated carbocycles. The summed E-state index contributed by atoms with van der Waals surface area (Å²) in [5.41, 5.74) is 2.12. The fourth-order valence-corrected chi connectivity index (χ4v) is 2.33. The van der Waals surface area contributed by atoms with Crippen LogP contribution in [0.4, 0.5) is 0 Å². The molecule has 1 aromatic rings. The number of thiocarbonyl (C=S) groups is 1. The van der Waals surface area contributed by atoms with Crippen LogP contribution in [0.5, 0.6) is 0 Å². The summed E-state index contributed by atoms with van der Waals surface area (Å²) in [6, 6.07) is 9.57. The number of carbonyl (C=O) groups excluding carboxylic acids is 1. The Kier molecular flexibility index (Phi) is 3.82. The molecule has 2 rings (SSSR count). The van der Waals surface area contributed by atoms with E-state index in [9.17, 15) is 4.79 Å². The molecule has 2 atom stereocenters. The lowest BCUT2D eigenvalue weighted by Crippen LogP contribution is -2.53. The number of nitrogens with zero attached hydrogens (tertiary/aromatic N) is 1. The Bertz CT molecular complexity index is 545. The number of benzene rings is 1. The third-order valence-electron chi connectivity index (χ3n) is 3.24. The van der Waals surface area contributed by atoms with Crippen molar-refractivity contribution in [3.8, 4) is 6.07 Å². The second kappa shape index (κ2) is 5.37. The summed E-state index contributed by atoms with van der Waals surface area (Å²) in [6.07, 6.45) is 0. The van der Waals surface area contributed by atoms with E-state index in [1.807, 2.05) is 30.3 Å². The van der Waals surface area contributed by atoms with Gasteiger partial charge in [-0.15, -0.1) is 0 Å². The summed E-state index contributed by atoms with van der Waals surface area (Å²) in [4.78, 5) is 11.7. The van der Waals surface area contributed by atoms with Gasteiger partial charge in [-0.2, -0.15) is 5.26 Å². The van der Waals surface area contributed by atoms with Gasteiger partial charge in [0.1, 0.15) is 5.92 Å². The summed E-state index contributed by atoms with van der Waals surface area (Å²) in [5.74, 6) is -0.662. The van der Waals surface area contributed by atoms with Gasteiger partial charge in [-0.25, -0.2) is 0 Å². The number of amides is 1. The number of rotatable bonds is 2. The first-order chi connectivity index (χ1) is 9.02. The standard InChI is InChI=1S/C14H15N3OS/c1-8(2)9-3-5-10(6-4-9)12-11(7-15)13(18)17-14(19)16-12/h3-6,8,11-12H,1-2H3,(H2,16,17,18,19). The topological polar surface area (TPSA) is 64.9 Å². The summed E-state index contributed by atoms with van der Waals surface area (Å²) in [6.45, 7) is 4.24. The first-order valence-corrected chi connectivity index (χ1v) is 6.54. The molecule has 2 unspecified atom stereocenters. The molecule has 1 heterocycles. The number of hydrogen-bond acceptors (Lipinski definition) is 3. The van der Waals surface area contributed by atoms with E-state index in [2.05, 4.69) is 24.5 Å². The third-order valence-corrected chi connectivity index (χ3v) is 3.46. The van der Waals surface area contributed by atoms with Crippen molar-refractivity contribution in [2.75, 3.05) is 0 Å². The van der Waals surface area contributed by atoms with Crippen LogP contribution in [0.1, 0.15) is 36.9 Å². The number of carbonyl (C=O) groups is 1. The molecule has 19 heavy (non-hydrogen) atoms. The normalized spacial score (nSPS) is 22.6. The Hall–Kier alpha value is -1.93. The zero-order valence-corrected chi connectivity index (χ0v) is 11.6. The quantitative estimate of drug-likeness (QED) is 0.809. The maximum Gasteiger partial charge on any atom is 0.245 e. The van der Waals surface area contributed by atoms with E-state index in [0.29, 0.717) is 5.92 Å². The van der Waals surface area contributed by atoms with Crippen LogP contribution >= 0.6 is 12.2 Å². The molecule has 2 N–H and O–H groups in total. The molecule has 1 aliphatic heterocycles. The second-order valence-electron chi connectivity index (χ2n) is 4.87. The van der Waals surface area contributed by atoms with Crippen LogP contribution in [0, 0.1) is 17.2 Å². The van der Waals surface area contributed by atoms with Crippen molar-refractivity contribution in [1.29, 1.82) is 5.26 Å². The van der Waals surface area contributed by atoms with E-state index in [-0.39, 0.29) is 17.1 Å². The molecule has 0 bridgehead atoms. The lowest BCUT2D eigenvalue weighted by Gasteiger charge is -2.29. The minimum absolute atomic E-state index is 0.273. The maximum absolute atomic E-state index is 11.7. The highest BCUT2D eigenvalue weighted by Gasteiger charge is 2.34. The Morgan fingerprint density at radius 1 is 1.32 bits per heavy atom. The fraction of sp³-hybridized carbons (Fsp3) is 0.357. The maximum atomic E-state index is 11.7. The molecule has 1 aromatic carbocycles. The van der Waals surface area contributed by atoms with Gasteiger partial charge < -0.3 is 10.6 Å². The predicted molar refractivity (Wildman–Crippen MR) is 76.3 cm³/mol. The van der Waals surface area contributed by atoms with Crippen LogP contribution in [0.3, 0.4) is 0 Å².